The van der Waals surface area contributed by atoms with Gasteiger partial charge in [0.1, 0.15) is 5.82 Å². The first kappa shape index (κ1) is 20.4. The number of halogens is 1. The molecule has 156 valence electrons. The second-order valence-corrected chi connectivity index (χ2v) is 8.18. The van der Waals surface area contributed by atoms with Crippen molar-refractivity contribution in [3.63, 3.8) is 0 Å². The zero-order chi connectivity index (χ0) is 20.9. The lowest BCUT2D eigenvalue weighted by Crippen LogP contribution is -2.38. The second-order valence-electron chi connectivity index (χ2n) is 7.16. The van der Waals surface area contributed by atoms with Crippen molar-refractivity contribution in [2.24, 2.45) is 5.92 Å². The molecule has 0 unspecified atom stereocenters. The van der Waals surface area contributed by atoms with Gasteiger partial charge in [-0.05, 0) is 61.3 Å². The highest BCUT2D eigenvalue weighted by atomic mass is 32.2. The molecular weight excluding hydrogens is 407 g/mol. The molecule has 2 amide bonds. The lowest BCUT2D eigenvalue weighted by atomic mass is 9.97. The number of thioether (sulfide) groups is 1. The smallest absolute Gasteiger partial charge is 0.290 e. The van der Waals surface area contributed by atoms with E-state index in [-0.39, 0.29) is 11.1 Å². The number of imide groups is 1. The van der Waals surface area contributed by atoms with Gasteiger partial charge < -0.3 is 10.2 Å². The number of hydrogen-bond acceptors (Lipinski definition) is 8. The van der Waals surface area contributed by atoms with E-state index in [4.69, 9.17) is 0 Å². The molecule has 0 radical (unpaired) electrons. The lowest BCUT2D eigenvalue weighted by Gasteiger charge is -2.32. The van der Waals surface area contributed by atoms with Crippen molar-refractivity contribution in [2.75, 3.05) is 24.5 Å². The molecule has 30 heavy (non-hydrogen) atoms. The van der Waals surface area contributed by atoms with Crippen molar-refractivity contribution in [1.29, 1.82) is 0 Å². The fourth-order valence-corrected chi connectivity index (χ4v) is 4.07. The highest BCUT2D eigenvalue weighted by Gasteiger charge is 2.25. The quantitative estimate of drug-likeness (QED) is 0.677. The summed E-state index contributed by atoms with van der Waals surface area (Å²) in [6.07, 6.45) is 6.51. The normalized spacial score (nSPS) is 18.8. The number of anilines is 1. The third-order valence-electron chi connectivity index (χ3n) is 5.01. The van der Waals surface area contributed by atoms with E-state index < -0.39 is 5.91 Å². The minimum atomic E-state index is -0.394. The molecule has 0 aliphatic carbocycles. The number of rotatable bonds is 6. The summed E-state index contributed by atoms with van der Waals surface area (Å²) in [7, 11) is 0. The van der Waals surface area contributed by atoms with E-state index in [1.54, 1.807) is 24.4 Å². The highest BCUT2D eigenvalue weighted by molar-refractivity contribution is 8.18. The number of nitrogens with zero attached hydrogens (tertiary/aromatic N) is 4. The van der Waals surface area contributed by atoms with E-state index in [0.717, 1.165) is 49.9 Å². The van der Waals surface area contributed by atoms with Crippen LogP contribution in [0.25, 0.3) is 6.08 Å². The standard InChI is InChI=1S/C20H21FN6O2S/c21-14-1-2-16(24-11-14)12-22-10-13-4-7-27(8-5-13)19-23-6-3-15(25-19)9-17-18(28)26-20(29)30-17/h1-3,6,9,11,13,22H,4-5,7-8,10,12H2,(H,26,28,29)/b17-9-. The third-order valence-corrected chi connectivity index (χ3v) is 5.82. The Kier molecular flexibility index (Phi) is 6.34. The molecule has 2 aromatic heterocycles. The maximum atomic E-state index is 12.9. The van der Waals surface area contributed by atoms with Crippen molar-refractivity contribution in [3.05, 3.63) is 52.7 Å². The molecule has 0 saturated carbocycles. The Bertz CT molecular complexity index is 960. The van der Waals surface area contributed by atoms with E-state index in [0.29, 0.717) is 29.0 Å². The first-order chi connectivity index (χ1) is 14.6. The Hall–Kier alpha value is -2.85. The molecule has 8 nitrogen and oxygen atoms in total. The van der Waals surface area contributed by atoms with Gasteiger partial charge >= 0.3 is 0 Å². The summed E-state index contributed by atoms with van der Waals surface area (Å²) in [5.41, 5.74) is 1.42. The minimum absolute atomic E-state index is 0.327. The molecule has 0 bridgehead atoms. The maximum absolute atomic E-state index is 12.9. The SMILES string of the molecule is O=C1NC(=O)/C(=C/c2ccnc(N3CCC(CNCc4ccc(F)cn4)CC3)n2)S1. The van der Waals surface area contributed by atoms with Crippen LogP contribution in [0.5, 0.6) is 0 Å². The second kappa shape index (κ2) is 9.31. The van der Waals surface area contributed by atoms with Gasteiger partial charge in [-0.2, -0.15) is 0 Å². The number of nitrogens with one attached hydrogen (secondary N) is 2. The number of hydrogen-bond donors (Lipinski definition) is 2. The van der Waals surface area contributed by atoms with E-state index in [2.05, 4.69) is 30.5 Å². The predicted molar refractivity (Wildman–Crippen MR) is 112 cm³/mol. The fraction of sp³-hybridized carbons (Fsp3) is 0.350. The van der Waals surface area contributed by atoms with Gasteiger partial charge in [0.2, 0.25) is 5.95 Å². The largest absolute Gasteiger partial charge is 0.341 e. The van der Waals surface area contributed by atoms with Crippen LogP contribution in [0.3, 0.4) is 0 Å². The van der Waals surface area contributed by atoms with Crippen LogP contribution in [0.15, 0.2) is 35.5 Å². The molecule has 2 aromatic rings. The van der Waals surface area contributed by atoms with Gasteiger partial charge in [0.05, 0.1) is 22.5 Å². The first-order valence-corrected chi connectivity index (χ1v) is 10.5. The van der Waals surface area contributed by atoms with Gasteiger partial charge in [-0.3, -0.25) is 19.9 Å². The zero-order valence-corrected chi connectivity index (χ0v) is 17.0. The van der Waals surface area contributed by atoms with Crippen LogP contribution in [0.4, 0.5) is 15.1 Å². The van der Waals surface area contributed by atoms with Crippen LogP contribution >= 0.6 is 11.8 Å². The molecule has 2 fully saturated rings. The van der Waals surface area contributed by atoms with Crippen molar-refractivity contribution in [3.8, 4) is 0 Å². The fourth-order valence-electron chi connectivity index (χ4n) is 3.40. The van der Waals surface area contributed by atoms with Crippen LogP contribution in [0.2, 0.25) is 0 Å². The van der Waals surface area contributed by atoms with Gasteiger partial charge in [0, 0.05) is 25.8 Å². The summed E-state index contributed by atoms with van der Waals surface area (Å²) in [6, 6.07) is 4.82. The monoisotopic (exact) mass is 428 g/mol. The topological polar surface area (TPSA) is 100 Å². The molecule has 2 aliphatic rings. The van der Waals surface area contributed by atoms with E-state index in [1.807, 2.05) is 0 Å². The summed E-state index contributed by atoms with van der Waals surface area (Å²) in [6.45, 7) is 3.18. The predicted octanol–water partition coefficient (Wildman–Crippen LogP) is 2.34. The van der Waals surface area contributed by atoms with Crippen molar-refractivity contribution >= 4 is 34.9 Å². The molecule has 2 aliphatic heterocycles. The summed E-state index contributed by atoms with van der Waals surface area (Å²) in [5.74, 6) is 0.444. The average Bonchev–Trinajstić information content (AvgIpc) is 3.07. The molecule has 0 aromatic carbocycles. The van der Waals surface area contributed by atoms with Crippen LogP contribution in [-0.2, 0) is 11.3 Å². The molecule has 2 N–H and O–H groups in total. The number of carbonyl (C=O) groups is 2. The van der Waals surface area contributed by atoms with Crippen LogP contribution < -0.4 is 15.5 Å². The van der Waals surface area contributed by atoms with Crippen molar-refractivity contribution in [1.82, 2.24) is 25.6 Å². The summed E-state index contributed by atoms with van der Waals surface area (Å²) >= 11 is 0.874. The van der Waals surface area contributed by atoms with E-state index >= 15 is 0 Å². The van der Waals surface area contributed by atoms with Crippen LogP contribution in [0.1, 0.15) is 24.2 Å². The Morgan fingerprint density at radius 1 is 1.23 bits per heavy atom. The Morgan fingerprint density at radius 3 is 2.77 bits per heavy atom. The molecule has 0 atom stereocenters. The summed E-state index contributed by atoms with van der Waals surface area (Å²) < 4.78 is 12.9. The molecule has 4 rings (SSSR count). The van der Waals surface area contributed by atoms with Gasteiger partial charge in [0.25, 0.3) is 11.1 Å². The summed E-state index contributed by atoms with van der Waals surface area (Å²) in [5, 5.41) is 5.26. The van der Waals surface area contributed by atoms with Gasteiger partial charge in [-0.25, -0.2) is 14.4 Å². The first-order valence-electron chi connectivity index (χ1n) is 9.71. The Balaban J connectivity index is 1.28. The van der Waals surface area contributed by atoms with Crippen LogP contribution in [-0.4, -0.2) is 45.7 Å². The van der Waals surface area contributed by atoms with Crippen LogP contribution in [0, 0.1) is 11.7 Å². The van der Waals surface area contributed by atoms with E-state index in [9.17, 15) is 14.0 Å². The molecule has 10 heteroatoms. The lowest BCUT2D eigenvalue weighted by molar-refractivity contribution is -0.115. The average molecular weight is 428 g/mol. The maximum Gasteiger partial charge on any atom is 0.290 e. The molecule has 2 saturated heterocycles. The van der Waals surface area contributed by atoms with Gasteiger partial charge in [0.15, 0.2) is 0 Å². The number of pyridine rings is 1. The number of piperidine rings is 1. The van der Waals surface area contributed by atoms with Crippen molar-refractivity contribution in [2.45, 2.75) is 19.4 Å². The minimum Gasteiger partial charge on any atom is -0.341 e. The molecular formula is C20H21FN6O2S. The zero-order valence-electron chi connectivity index (χ0n) is 16.2. The van der Waals surface area contributed by atoms with E-state index in [1.165, 1.54) is 12.3 Å². The van der Waals surface area contributed by atoms with Gasteiger partial charge in [-0.15, -0.1) is 0 Å². The van der Waals surface area contributed by atoms with Crippen molar-refractivity contribution < 1.29 is 14.0 Å². The highest BCUT2D eigenvalue weighted by Crippen LogP contribution is 2.26. The Morgan fingerprint density at radius 2 is 2.07 bits per heavy atom. The molecule has 0 spiro atoms. The summed E-state index contributed by atoms with van der Waals surface area (Å²) in [4.78, 5) is 38.4. The number of carbonyl (C=O) groups excluding carboxylic acids is 2. The number of aromatic nitrogens is 3. The Labute approximate surface area is 177 Å². The number of amides is 2. The molecule has 4 heterocycles. The third kappa shape index (κ3) is 5.19. The van der Waals surface area contributed by atoms with Gasteiger partial charge in [-0.1, -0.05) is 0 Å².